The van der Waals surface area contributed by atoms with Crippen LogP contribution in [0, 0.1) is 13.8 Å². The molecule has 0 saturated heterocycles. The van der Waals surface area contributed by atoms with Crippen LogP contribution in [0.2, 0.25) is 0 Å². The van der Waals surface area contributed by atoms with Gasteiger partial charge in [-0.3, -0.25) is 4.79 Å². The molecule has 0 radical (unpaired) electrons. The van der Waals surface area contributed by atoms with Gasteiger partial charge in [0, 0.05) is 23.4 Å². The van der Waals surface area contributed by atoms with E-state index in [1.165, 1.54) is 0 Å². The molecule has 2 rings (SSSR count). The topological polar surface area (TPSA) is 54.0 Å². The average molecular weight is 334 g/mol. The Morgan fingerprint density at radius 2 is 1.90 bits per heavy atom. The molecule has 0 atom stereocenters. The summed E-state index contributed by atoms with van der Waals surface area (Å²) in [4.78, 5) is 16.4. The first kappa shape index (κ1) is 14.5. The number of amides is 1. The highest BCUT2D eigenvalue weighted by Gasteiger charge is 2.12. The minimum absolute atomic E-state index is 0.177. The molecule has 20 heavy (non-hydrogen) atoms. The zero-order valence-corrected chi connectivity index (χ0v) is 13.2. The van der Waals surface area contributed by atoms with Crippen LogP contribution in [0.15, 0.2) is 34.9 Å². The molecule has 0 bridgehead atoms. The highest BCUT2D eigenvalue weighted by atomic mass is 79.9. The summed E-state index contributed by atoms with van der Waals surface area (Å²) in [5.41, 5.74) is 3.47. The van der Waals surface area contributed by atoms with Gasteiger partial charge in [-0.2, -0.15) is 0 Å². The molecule has 2 aromatic rings. The van der Waals surface area contributed by atoms with Crippen LogP contribution in [0.5, 0.6) is 0 Å². The van der Waals surface area contributed by atoms with Crippen molar-refractivity contribution in [1.82, 2.24) is 4.98 Å². The van der Waals surface area contributed by atoms with E-state index in [1.54, 1.807) is 25.4 Å². The summed E-state index contributed by atoms with van der Waals surface area (Å²) in [6.45, 7) is 3.99. The van der Waals surface area contributed by atoms with Gasteiger partial charge in [-0.15, -0.1) is 0 Å². The van der Waals surface area contributed by atoms with E-state index in [2.05, 4.69) is 31.5 Å². The van der Waals surface area contributed by atoms with Crippen molar-refractivity contribution < 1.29 is 4.79 Å². The molecule has 0 saturated carbocycles. The molecule has 1 heterocycles. The molecule has 4 nitrogen and oxygen atoms in total. The number of halogens is 1. The van der Waals surface area contributed by atoms with Crippen molar-refractivity contribution >= 4 is 33.3 Å². The van der Waals surface area contributed by atoms with E-state index < -0.39 is 0 Å². The maximum atomic E-state index is 12.3. The Labute approximate surface area is 126 Å². The quantitative estimate of drug-likeness (QED) is 0.899. The van der Waals surface area contributed by atoms with Crippen LogP contribution < -0.4 is 10.6 Å². The molecule has 1 aromatic heterocycles. The van der Waals surface area contributed by atoms with E-state index >= 15 is 0 Å². The zero-order chi connectivity index (χ0) is 14.7. The van der Waals surface area contributed by atoms with Gasteiger partial charge in [0.25, 0.3) is 5.91 Å². The number of hydrogen-bond donors (Lipinski definition) is 2. The number of anilines is 2. The second-order valence-corrected chi connectivity index (χ2v) is 5.32. The lowest BCUT2D eigenvalue weighted by Crippen LogP contribution is -2.15. The van der Waals surface area contributed by atoms with E-state index in [0.717, 1.165) is 21.3 Å². The van der Waals surface area contributed by atoms with E-state index in [9.17, 15) is 4.79 Å². The number of carbonyl (C=O) groups is 1. The number of pyridine rings is 1. The maximum Gasteiger partial charge on any atom is 0.259 e. The lowest BCUT2D eigenvalue weighted by atomic mass is 10.1. The van der Waals surface area contributed by atoms with E-state index in [1.807, 2.05) is 26.0 Å². The van der Waals surface area contributed by atoms with Gasteiger partial charge < -0.3 is 10.6 Å². The van der Waals surface area contributed by atoms with Crippen LogP contribution in [0.25, 0.3) is 0 Å². The lowest BCUT2D eigenvalue weighted by Gasteiger charge is -2.11. The highest BCUT2D eigenvalue weighted by molar-refractivity contribution is 9.10. The van der Waals surface area contributed by atoms with Crippen LogP contribution in [0.3, 0.4) is 0 Å². The monoisotopic (exact) mass is 333 g/mol. The summed E-state index contributed by atoms with van der Waals surface area (Å²) in [6.07, 6.45) is 1.65. The fraction of sp³-hybridized carbons (Fsp3) is 0.200. The van der Waals surface area contributed by atoms with Crippen molar-refractivity contribution in [3.05, 3.63) is 51.6 Å². The van der Waals surface area contributed by atoms with Gasteiger partial charge in [0.1, 0.15) is 5.82 Å². The van der Waals surface area contributed by atoms with Crippen LogP contribution in [0.4, 0.5) is 11.5 Å². The number of aromatic nitrogens is 1. The first-order valence-corrected chi connectivity index (χ1v) is 7.03. The molecular weight excluding hydrogens is 318 g/mol. The third kappa shape index (κ3) is 2.99. The van der Waals surface area contributed by atoms with E-state index in [-0.39, 0.29) is 5.91 Å². The van der Waals surface area contributed by atoms with Gasteiger partial charge in [0.2, 0.25) is 0 Å². The van der Waals surface area contributed by atoms with Gasteiger partial charge in [-0.25, -0.2) is 4.98 Å². The summed E-state index contributed by atoms with van der Waals surface area (Å²) in [5, 5.41) is 5.82. The third-order valence-electron chi connectivity index (χ3n) is 2.98. The SMILES string of the molecule is CNc1ncccc1C(=O)Nc1cc(C)c(Br)c(C)c1. The van der Waals surface area contributed by atoms with Crippen molar-refractivity contribution in [2.24, 2.45) is 0 Å². The molecule has 0 fully saturated rings. The fourth-order valence-corrected chi connectivity index (χ4v) is 2.23. The molecule has 2 N–H and O–H groups in total. The number of benzene rings is 1. The van der Waals surface area contributed by atoms with Gasteiger partial charge in [0.15, 0.2) is 0 Å². The summed E-state index contributed by atoms with van der Waals surface area (Å²) < 4.78 is 1.06. The number of rotatable bonds is 3. The minimum Gasteiger partial charge on any atom is -0.372 e. The lowest BCUT2D eigenvalue weighted by molar-refractivity contribution is 0.102. The van der Waals surface area contributed by atoms with Gasteiger partial charge in [-0.1, -0.05) is 15.9 Å². The summed E-state index contributed by atoms with van der Waals surface area (Å²) in [6, 6.07) is 7.36. The predicted octanol–water partition coefficient (Wildman–Crippen LogP) is 3.75. The zero-order valence-electron chi connectivity index (χ0n) is 11.6. The fourth-order valence-electron chi connectivity index (χ4n) is 2.00. The van der Waals surface area contributed by atoms with Gasteiger partial charge in [0.05, 0.1) is 5.56 Å². The summed E-state index contributed by atoms with van der Waals surface area (Å²) in [5.74, 6) is 0.388. The van der Waals surface area contributed by atoms with E-state index in [0.29, 0.717) is 11.4 Å². The predicted molar refractivity (Wildman–Crippen MR) is 85.4 cm³/mol. The molecule has 1 amide bonds. The first-order chi connectivity index (χ1) is 9.52. The van der Waals surface area contributed by atoms with E-state index in [4.69, 9.17) is 0 Å². The average Bonchev–Trinajstić information content (AvgIpc) is 2.44. The van der Waals surface area contributed by atoms with Crippen molar-refractivity contribution in [1.29, 1.82) is 0 Å². The molecule has 0 spiro atoms. The molecule has 0 unspecified atom stereocenters. The van der Waals surface area contributed by atoms with Crippen LogP contribution >= 0.6 is 15.9 Å². The largest absolute Gasteiger partial charge is 0.372 e. The Kier molecular flexibility index (Phi) is 4.39. The maximum absolute atomic E-state index is 12.3. The molecule has 5 heteroatoms. The Morgan fingerprint density at radius 1 is 1.25 bits per heavy atom. The van der Waals surface area contributed by atoms with Crippen molar-refractivity contribution in [2.75, 3.05) is 17.7 Å². The number of aryl methyl sites for hydroxylation is 2. The van der Waals surface area contributed by atoms with Crippen molar-refractivity contribution in [3.8, 4) is 0 Å². The third-order valence-corrected chi connectivity index (χ3v) is 4.23. The second-order valence-electron chi connectivity index (χ2n) is 4.53. The number of hydrogen-bond acceptors (Lipinski definition) is 3. The Balaban J connectivity index is 2.28. The van der Waals surface area contributed by atoms with Crippen molar-refractivity contribution in [3.63, 3.8) is 0 Å². The summed E-state index contributed by atoms with van der Waals surface area (Å²) in [7, 11) is 1.74. The molecule has 0 aliphatic heterocycles. The van der Waals surface area contributed by atoms with Crippen LogP contribution in [0.1, 0.15) is 21.5 Å². The van der Waals surface area contributed by atoms with Crippen LogP contribution in [-0.4, -0.2) is 17.9 Å². The Bertz CT molecular complexity index is 632. The van der Waals surface area contributed by atoms with Gasteiger partial charge in [-0.05, 0) is 49.2 Å². The number of carbonyl (C=O) groups excluding carboxylic acids is 1. The number of nitrogens with one attached hydrogen (secondary N) is 2. The Morgan fingerprint density at radius 3 is 2.50 bits per heavy atom. The minimum atomic E-state index is -0.177. The molecule has 1 aromatic carbocycles. The normalized spacial score (nSPS) is 10.2. The molecule has 104 valence electrons. The second kappa shape index (κ2) is 6.05. The standard InChI is InChI=1S/C15H16BrN3O/c1-9-7-11(8-10(2)13(9)16)19-15(20)12-5-4-6-18-14(12)17-3/h4-8H,1-3H3,(H,17,18)(H,19,20). The van der Waals surface area contributed by atoms with Gasteiger partial charge >= 0.3 is 0 Å². The van der Waals surface area contributed by atoms with Crippen molar-refractivity contribution in [2.45, 2.75) is 13.8 Å². The molecule has 0 aliphatic carbocycles. The molecular formula is C15H16BrN3O. The Hall–Kier alpha value is -1.88. The summed E-state index contributed by atoms with van der Waals surface area (Å²) >= 11 is 3.51. The first-order valence-electron chi connectivity index (χ1n) is 6.23. The molecule has 0 aliphatic rings. The smallest absolute Gasteiger partial charge is 0.259 e. The highest BCUT2D eigenvalue weighted by Crippen LogP contribution is 2.25. The number of nitrogens with zero attached hydrogens (tertiary/aromatic N) is 1. The van der Waals surface area contributed by atoms with Crippen LogP contribution in [-0.2, 0) is 0 Å².